The molecular weight excluding hydrogens is 526 g/mol. The first-order chi connectivity index (χ1) is 17.3. The van der Waals surface area contributed by atoms with E-state index in [1.54, 1.807) is 19.1 Å². The van der Waals surface area contributed by atoms with Gasteiger partial charge in [0.25, 0.3) is 5.91 Å². The number of fused-ring (bicyclic) bond motifs is 3. The van der Waals surface area contributed by atoms with Crippen LogP contribution in [-0.4, -0.2) is 60.3 Å². The Morgan fingerprint density at radius 1 is 1.19 bits per heavy atom. The Balaban J connectivity index is 1.56. The maximum Gasteiger partial charge on any atom is 0.271 e. The second-order valence-electron chi connectivity index (χ2n) is 9.51. The van der Waals surface area contributed by atoms with Crippen molar-refractivity contribution in [1.29, 1.82) is 0 Å². The number of ether oxygens (including phenoxy) is 3. The summed E-state index contributed by atoms with van der Waals surface area (Å²) in [4.78, 5) is 29.5. The molecule has 0 bridgehead atoms. The van der Waals surface area contributed by atoms with Crippen LogP contribution in [0.5, 0.6) is 11.5 Å². The van der Waals surface area contributed by atoms with E-state index in [0.29, 0.717) is 36.9 Å². The minimum Gasteiger partial charge on any atom is -0.497 e. The molecule has 1 saturated heterocycles. The molecule has 0 radical (unpaired) electrons. The normalized spacial score (nSPS) is 21.5. The van der Waals surface area contributed by atoms with E-state index >= 15 is 0 Å². The van der Waals surface area contributed by atoms with Gasteiger partial charge in [-0.3, -0.25) is 9.59 Å². The zero-order chi connectivity index (χ0) is 25.4. The first-order valence-electron chi connectivity index (χ1n) is 12.1. The van der Waals surface area contributed by atoms with Gasteiger partial charge >= 0.3 is 0 Å². The Hall–Kier alpha value is -3.04. The van der Waals surface area contributed by atoms with Gasteiger partial charge in [-0.1, -0.05) is 15.9 Å². The Labute approximate surface area is 218 Å². The number of carbonyl (C=O) groups excluding carboxylic acids is 2. The molecule has 1 fully saturated rings. The fourth-order valence-corrected chi connectivity index (χ4v) is 5.56. The first kappa shape index (κ1) is 24.6. The lowest BCUT2D eigenvalue weighted by Gasteiger charge is -2.44. The summed E-state index contributed by atoms with van der Waals surface area (Å²) < 4.78 is 19.5. The van der Waals surface area contributed by atoms with Crippen molar-refractivity contribution >= 4 is 38.6 Å². The number of methoxy groups -OCH3 is 2. The third-order valence-electron chi connectivity index (χ3n) is 7.21. The van der Waals surface area contributed by atoms with E-state index in [0.717, 1.165) is 33.8 Å². The summed E-state index contributed by atoms with van der Waals surface area (Å²) in [5, 5.41) is 3.99. The van der Waals surface area contributed by atoms with Crippen LogP contribution in [0.3, 0.4) is 0 Å². The monoisotopic (exact) mass is 555 g/mol. The lowest BCUT2D eigenvalue weighted by molar-refractivity contribution is -0.133. The Morgan fingerprint density at radius 2 is 2.03 bits per heavy atom. The zero-order valence-electron chi connectivity index (χ0n) is 20.7. The molecule has 2 aromatic carbocycles. The van der Waals surface area contributed by atoms with Crippen LogP contribution in [0.2, 0.25) is 0 Å². The lowest BCUT2D eigenvalue weighted by Crippen LogP contribution is -2.64. The fourth-order valence-electron chi connectivity index (χ4n) is 5.15. The standard InChI is InChI=1S/C27H30BrN3O5/c1-27(26(33)29-14-21-5-4-10-36-21)16-30-22-13-20(34-2)8-6-17(22)12-23(30)25(32)31(27)15-18-11-19(28)7-9-24(18)35-3/h6-9,11-13,21H,4-5,10,14-16H2,1-3H3,(H,29,33)/t21-,27-/m1/s1. The van der Waals surface area contributed by atoms with Crippen LogP contribution in [0.25, 0.3) is 10.9 Å². The number of nitrogens with one attached hydrogen (secondary N) is 1. The van der Waals surface area contributed by atoms with Gasteiger partial charge in [0.15, 0.2) is 0 Å². The maximum atomic E-state index is 14.0. The summed E-state index contributed by atoms with van der Waals surface area (Å²) in [5.41, 5.74) is 1.06. The van der Waals surface area contributed by atoms with Crippen LogP contribution >= 0.6 is 15.9 Å². The summed E-state index contributed by atoms with van der Waals surface area (Å²) in [5.74, 6) is 0.926. The van der Waals surface area contributed by atoms with Gasteiger partial charge in [0.1, 0.15) is 22.7 Å². The van der Waals surface area contributed by atoms with Crippen molar-refractivity contribution in [1.82, 2.24) is 14.8 Å². The van der Waals surface area contributed by atoms with E-state index in [-0.39, 0.29) is 24.5 Å². The third-order valence-corrected chi connectivity index (χ3v) is 7.71. The molecule has 5 rings (SSSR count). The summed E-state index contributed by atoms with van der Waals surface area (Å²) >= 11 is 3.52. The minimum atomic E-state index is -1.15. The van der Waals surface area contributed by atoms with Gasteiger partial charge in [0.05, 0.1) is 38.9 Å². The van der Waals surface area contributed by atoms with Gasteiger partial charge in [-0.15, -0.1) is 0 Å². The molecule has 1 aromatic heterocycles. The van der Waals surface area contributed by atoms with Crippen LogP contribution < -0.4 is 14.8 Å². The van der Waals surface area contributed by atoms with Crippen LogP contribution in [-0.2, 0) is 22.6 Å². The van der Waals surface area contributed by atoms with E-state index < -0.39 is 5.54 Å². The summed E-state index contributed by atoms with van der Waals surface area (Å²) in [7, 11) is 3.21. The van der Waals surface area contributed by atoms with E-state index in [9.17, 15) is 9.59 Å². The molecule has 0 spiro atoms. The number of aromatic nitrogens is 1. The highest BCUT2D eigenvalue weighted by molar-refractivity contribution is 9.10. The SMILES string of the molecule is COc1ccc2cc3n(c2c1)C[C@](C)(C(=O)NC[C@H]1CCCO1)N(Cc1cc(Br)ccc1OC)C3=O. The van der Waals surface area contributed by atoms with Gasteiger partial charge in [0, 0.05) is 34.6 Å². The number of amides is 2. The lowest BCUT2D eigenvalue weighted by atomic mass is 9.93. The number of halogens is 1. The molecule has 0 unspecified atom stereocenters. The second kappa shape index (κ2) is 9.78. The third kappa shape index (κ3) is 4.35. The number of benzene rings is 2. The van der Waals surface area contributed by atoms with Crippen molar-refractivity contribution in [2.24, 2.45) is 0 Å². The Kier molecular flexibility index (Phi) is 6.70. The van der Waals surface area contributed by atoms with Crippen molar-refractivity contribution in [2.75, 3.05) is 27.4 Å². The fraction of sp³-hybridized carbons (Fsp3) is 0.407. The summed E-state index contributed by atoms with van der Waals surface area (Å²) in [6.07, 6.45) is 1.91. The Bertz CT molecular complexity index is 1320. The molecular formula is C27H30BrN3O5. The van der Waals surface area contributed by atoms with Gasteiger partial charge in [0.2, 0.25) is 5.91 Å². The predicted molar refractivity (Wildman–Crippen MR) is 139 cm³/mol. The van der Waals surface area contributed by atoms with Crippen molar-refractivity contribution in [3.05, 3.63) is 58.2 Å². The van der Waals surface area contributed by atoms with Crippen LogP contribution in [0.4, 0.5) is 0 Å². The molecule has 9 heteroatoms. The van der Waals surface area contributed by atoms with Gasteiger partial charge in [-0.25, -0.2) is 0 Å². The summed E-state index contributed by atoms with van der Waals surface area (Å²) in [6, 6.07) is 13.3. The van der Waals surface area contributed by atoms with Gasteiger partial charge < -0.3 is 29.0 Å². The summed E-state index contributed by atoms with van der Waals surface area (Å²) in [6.45, 7) is 3.49. The average Bonchev–Trinajstić information content (AvgIpc) is 3.53. The molecule has 0 aliphatic carbocycles. The molecule has 2 aliphatic rings. The number of nitrogens with zero attached hydrogens (tertiary/aromatic N) is 2. The molecule has 8 nitrogen and oxygen atoms in total. The number of rotatable bonds is 7. The molecule has 36 heavy (non-hydrogen) atoms. The maximum absolute atomic E-state index is 14.0. The molecule has 190 valence electrons. The topological polar surface area (TPSA) is 82.0 Å². The molecule has 3 aromatic rings. The largest absolute Gasteiger partial charge is 0.497 e. The van der Waals surface area contributed by atoms with Crippen molar-refractivity contribution in [3.8, 4) is 11.5 Å². The van der Waals surface area contributed by atoms with Gasteiger partial charge in [-0.05, 0) is 56.2 Å². The van der Waals surface area contributed by atoms with E-state index in [1.807, 2.05) is 54.0 Å². The quantitative estimate of drug-likeness (QED) is 0.474. The van der Waals surface area contributed by atoms with E-state index in [2.05, 4.69) is 21.2 Å². The highest BCUT2D eigenvalue weighted by atomic mass is 79.9. The molecule has 2 atom stereocenters. The molecule has 0 saturated carbocycles. The first-order valence-corrected chi connectivity index (χ1v) is 12.8. The molecule has 3 heterocycles. The predicted octanol–water partition coefficient (Wildman–Crippen LogP) is 4.13. The average molecular weight is 556 g/mol. The zero-order valence-corrected chi connectivity index (χ0v) is 22.3. The number of hydrogen-bond acceptors (Lipinski definition) is 5. The smallest absolute Gasteiger partial charge is 0.271 e. The van der Waals surface area contributed by atoms with Crippen molar-refractivity contribution < 1.29 is 23.8 Å². The van der Waals surface area contributed by atoms with Crippen LogP contribution in [0.15, 0.2) is 46.9 Å². The molecule has 2 amide bonds. The Morgan fingerprint density at radius 3 is 2.75 bits per heavy atom. The second-order valence-corrected chi connectivity index (χ2v) is 10.4. The number of carbonyl (C=O) groups is 2. The molecule has 2 aliphatic heterocycles. The van der Waals surface area contributed by atoms with Crippen LogP contribution in [0, 0.1) is 0 Å². The van der Waals surface area contributed by atoms with Crippen LogP contribution in [0.1, 0.15) is 35.8 Å². The van der Waals surface area contributed by atoms with Crippen molar-refractivity contribution in [3.63, 3.8) is 0 Å². The van der Waals surface area contributed by atoms with E-state index in [4.69, 9.17) is 14.2 Å². The molecule has 1 N–H and O–H groups in total. The highest BCUT2D eigenvalue weighted by Crippen LogP contribution is 2.36. The number of hydrogen-bond donors (Lipinski definition) is 1. The minimum absolute atomic E-state index is 0.00250. The van der Waals surface area contributed by atoms with Crippen molar-refractivity contribution in [2.45, 2.75) is 44.5 Å². The van der Waals surface area contributed by atoms with Gasteiger partial charge in [-0.2, -0.15) is 0 Å². The van der Waals surface area contributed by atoms with E-state index in [1.165, 1.54) is 0 Å². The highest BCUT2D eigenvalue weighted by Gasteiger charge is 2.48.